The number of piperidine rings is 2. The molecule has 0 radical (unpaired) electrons. The average molecular weight is 1420 g/mol. The molecule has 0 bridgehead atoms. The fraction of sp³-hybridized carbons (Fsp3) is 0.432. The van der Waals surface area contributed by atoms with Crippen LogP contribution in [0.3, 0.4) is 0 Å². The van der Waals surface area contributed by atoms with Gasteiger partial charge >= 0.3 is 17.9 Å². The number of ether oxygens (including phenoxy) is 1. The van der Waals surface area contributed by atoms with Crippen molar-refractivity contribution in [1.82, 2.24) is 66.3 Å². The SMILES string of the molecule is Cc1ccc(CNCC(=O)N2CCC(NC(=O)c3cc(OCCNC(=O)[C@H](Cc4ccccc4)NC(=O)CN4CCC(NC(=O)CN5CCN(CC(=O)O)CCN(CC(=O)O)CCN(CC(=O)O)CC5)CC4)cc(-c4ccccc4)c3)(C(=O)N[C@@H](Cc3c[nH]c4ccccc34)C(N)=O)CC2)cc1F. The Balaban J connectivity index is 0.812. The molecule has 29 heteroatoms. The number of nitrogens with zero attached hydrogens (tertiary/aromatic N) is 6. The van der Waals surface area contributed by atoms with Crippen molar-refractivity contribution < 1.29 is 72.4 Å². The minimum atomic E-state index is -1.66. The molecule has 5 aromatic carbocycles. The normalized spacial score (nSPS) is 16.8. The second-order valence-corrected chi connectivity index (χ2v) is 26.6. The van der Waals surface area contributed by atoms with Crippen molar-refractivity contribution in [2.24, 2.45) is 5.73 Å². The summed E-state index contributed by atoms with van der Waals surface area (Å²) in [5.41, 5.74) is 9.27. The summed E-state index contributed by atoms with van der Waals surface area (Å²) in [4.78, 5) is 147. The molecule has 28 nitrogen and oxygen atoms in total. The summed E-state index contributed by atoms with van der Waals surface area (Å²) in [5.74, 6) is -6.81. The van der Waals surface area contributed by atoms with Crippen LogP contribution in [-0.4, -0.2) is 264 Å². The van der Waals surface area contributed by atoms with Gasteiger partial charge in [-0.1, -0.05) is 91.0 Å². The summed E-state index contributed by atoms with van der Waals surface area (Å²) in [7, 11) is 0. The van der Waals surface area contributed by atoms with Crippen LogP contribution in [0.1, 0.15) is 58.3 Å². The van der Waals surface area contributed by atoms with Crippen LogP contribution >= 0.6 is 0 Å². The van der Waals surface area contributed by atoms with Crippen molar-refractivity contribution in [1.29, 1.82) is 0 Å². The zero-order chi connectivity index (χ0) is 73.4. The third-order valence-corrected chi connectivity index (χ3v) is 18.9. The molecule has 9 rings (SSSR count). The van der Waals surface area contributed by atoms with Gasteiger partial charge in [0.15, 0.2) is 0 Å². The predicted octanol–water partition coefficient (Wildman–Crippen LogP) is 1.65. The standard InChI is InChI=1S/C74H93FN14O14/c1-50-16-17-52(36-60(50)75)42-77-44-66(92)89-25-20-74(21-26-89,73(102)82-62(70(76)99)41-56-43-79-61-15-9-8-14-59(56)61)83-71(100)55-38-54(53-12-6-3-7-13-53)39-58(40-55)103-35-22-78-72(101)63(37-51-10-4-2-5-11-51)81-65(91)46-84-23-18-57(19-24-84)80-64(90)45-85-27-29-86(47-67(93)94)31-33-88(49-69(97)98)34-32-87(30-28-85)48-68(95)96/h2-17,36,38-40,43,57,62-63,77,79H,18-35,37,41-42,44-49H2,1H3,(H2,76,99)(H,78,101)(H,80,90)(H,81,91)(H,82,102)(H,83,100)(H,93,94)(H,95,96)(H,97,98)/t62-,63-/m0/s1. The number of para-hydroxylation sites is 1. The third-order valence-electron chi connectivity index (χ3n) is 18.9. The zero-order valence-corrected chi connectivity index (χ0v) is 57.9. The van der Waals surface area contributed by atoms with E-state index in [0.717, 1.165) is 27.6 Å². The number of rotatable bonds is 31. The number of nitrogens with one attached hydrogen (secondary N) is 7. The van der Waals surface area contributed by atoms with Crippen molar-refractivity contribution in [2.75, 3.05) is 131 Å². The lowest BCUT2D eigenvalue weighted by Gasteiger charge is -2.41. The number of likely N-dealkylation sites (tertiary alicyclic amines) is 2. The Kier molecular flexibility index (Phi) is 28.2. The van der Waals surface area contributed by atoms with E-state index in [4.69, 9.17) is 10.5 Å². The number of aromatic amines is 1. The fourth-order valence-corrected chi connectivity index (χ4v) is 13.1. The van der Waals surface area contributed by atoms with Gasteiger partial charge in [0, 0.05) is 127 Å². The molecule has 2 atom stereocenters. The van der Waals surface area contributed by atoms with Gasteiger partial charge in [-0.3, -0.25) is 72.4 Å². The van der Waals surface area contributed by atoms with Crippen molar-refractivity contribution in [3.05, 3.63) is 161 Å². The number of hydrogen-bond donors (Lipinski definition) is 11. The lowest BCUT2D eigenvalue weighted by atomic mass is 9.85. The molecule has 4 heterocycles. The molecule has 3 fully saturated rings. The van der Waals surface area contributed by atoms with Crippen molar-refractivity contribution in [3.63, 3.8) is 0 Å². The highest BCUT2D eigenvalue weighted by atomic mass is 19.1. The number of aryl methyl sites for hydroxylation is 1. The number of primary amides is 1. The lowest BCUT2D eigenvalue weighted by molar-refractivity contribution is -0.140. The molecule has 0 aliphatic carbocycles. The van der Waals surface area contributed by atoms with Gasteiger partial charge < -0.3 is 67.6 Å². The number of nitrogens with two attached hydrogens (primary N) is 1. The van der Waals surface area contributed by atoms with Gasteiger partial charge in [-0.05, 0) is 96.3 Å². The molecule has 0 unspecified atom stereocenters. The molecule has 1 aromatic heterocycles. The van der Waals surface area contributed by atoms with Gasteiger partial charge in [0.05, 0.1) is 45.8 Å². The Labute approximate surface area is 596 Å². The number of fused-ring (bicyclic) bond motifs is 1. The highest BCUT2D eigenvalue weighted by molar-refractivity contribution is 6.02. The van der Waals surface area contributed by atoms with Crippen LogP contribution in [0.4, 0.5) is 4.39 Å². The number of aliphatic carboxylic acids is 3. The first-order chi connectivity index (χ1) is 49.5. The molecule has 3 aliphatic heterocycles. The molecule has 7 amide bonds. The van der Waals surface area contributed by atoms with Crippen LogP contribution in [-0.2, 0) is 62.5 Å². The summed E-state index contributed by atoms with van der Waals surface area (Å²) >= 11 is 0. The Morgan fingerprint density at radius 2 is 1.18 bits per heavy atom. The number of carbonyl (C=O) groups is 10. The van der Waals surface area contributed by atoms with Gasteiger partial charge in [0.1, 0.15) is 35.8 Å². The number of aromatic nitrogens is 1. The molecule has 6 aromatic rings. The van der Waals surface area contributed by atoms with E-state index in [1.54, 1.807) is 57.0 Å². The topological polar surface area (TPSA) is 374 Å². The quantitative estimate of drug-likeness (QED) is 0.0276. The monoisotopic (exact) mass is 1420 g/mol. The average Bonchev–Trinajstić information content (AvgIpc) is 1.26. The zero-order valence-electron chi connectivity index (χ0n) is 57.9. The summed E-state index contributed by atoms with van der Waals surface area (Å²) in [5, 5.41) is 47.5. The van der Waals surface area contributed by atoms with Crippen LogP contribution in [0.2, 0.25) is 0 Å². The summed E-state index contributed by atoms with van der Waals surface area (Å²) < 4.78 is 20.6. The number of benzene rings is 5. The molecule has 12 N–H and O–H groups in total. The molecular weight excluding hydrogens is 1330 g/mol. The maximum atomic E-state index is 14.9. The first-order valence-electron chi connectivity index (χ1n) is 34.8. The molecule has 0 spiro atoms. The molecular formula is C74H93FN14O14. The van der Waals surface area contributed by atoms with E-state index in [2.05, 4.69) is 36.9 Å². The number of hydrogen-bond acceptors (Lipinski definition) is 17. The van der Waals surface area contributed by atoms with E-state index in [1.165, 1.54) is 12.1 Å². The number of amides is 7. The van der Waals surface area contributed by atoms with Crippen LogP contribution in [0.5, 0.6) is 5.75 Å². The van der Waals surface area contributed by atoms with Crippen LogP contribution in [0.15, 0.2) is 128 Å². The third kappa shape index (κ3) is 23.7. The minimum absolute atomic E-state index is 0.0203. The van der Waals surface area contributed by atoms with E-state index in [9.17, 15) is 67.7 Å². The van der Waals surface area contributed by atoms with Gasteiger partial charge in [-0.25, -0.2) is 4.39 Å². The van der Waals surface area contributed by atoms with Gasteiger partial charge in [-0.15, -0.1) is 0 Å². The van der Waals surface area contributed by atoms with Gasteiger partial charge in [-0.2, -0.15) is 0 Å². The molecule has 0 saturated carbocycles. The number of halogens is 1. The fourth-order valence-electron chi connectivity index (χ4n) is 13.1. The van der Waals surface area contributed by atoms with E-state index in [0.29, 0.717) is 55.7 Å². The highest BCUT2D eigenvalue weighted by Crippen LogP contribution is 2.30. The number of carboxylic acid groups (broad SMARTS) is 3. The predicted molar refractivity (Wildman–Crippen MR) is 381 cm³/mol. The van der Waals surface area contributed by atoms with Crippen molar-refractivity contribution in [2.45, 2.75) is 75.7 Å². The smallest absolute Gasteiger partial charge is 0.317 e. The first-order valence-corrected chi connectivity index (χ1v) is 34.8. The summed E-state index contributed by atoms with van der Waals surface area (Å²) in [6, 6.07) is 33.3. The summed E-state index contributed by atoms with van der Waals surface area (Å²) in [6.07, 6.45) is 2.91. The number of carboxylic acids is 3. The maximum Gasteiger partial charge on any atom is 0.317 e. The second kappa shape index (κ2) is 37.7. The van der Waals surface area contributed by atoms with Gasteiger partial charge in [0.2, 0.25) is 35.4 Å². The second-order valence-electron chi connectivity index (χ2n) is 26.6. The largest absolute Gasteiger partial charge is 0.492 e. The van der Waals surface area contributed by atoms with Crippen LogP contribution < -0.4 is 42.4 Å². The van der Waals surface area contributed by atoms with E-state index >= 15 is 0 Å². The minimum Gasteiger partial charge on any atom is -0.492 e. The van der Waals surface area contributed by atoms with E-state index in [1.807, 2.05) is 94.7 Å². The van der Waals surface area contributed by atoms with E-state index in [-0.39, 0.29) is 172 Å². The number of carbonyl (C=O) groups excluding carboxylic acids is 7. The lowest BCUT2D eigenvalue weighted by Crippen LogP contribution is -2.66. The molecule has 3 aliphatic rings. The Morgan fingerprint density at radius 3 is 1.79 bits per heavy atom. The molecule has 550 valence electrons. The Bertz CT molecular complexity index is 3890. The summed E-state index contributed by atoms with van der Waals surface area (Å²) in [6.45, 7) is 3.90. The maximum absolute atomic E-state index is 14.9. The molecule has 103 heavy (non-hydrogen) atoms. The Morgan fingerprint density at radius 1 is 0.612 bits per heavy atom. The van der Waals surface area contributed by atoms with E-state index < -0.39 is 65.1 Å². The van der Waals surface area contributed by atoms with Crippen molar-refractivity contribution >= 4 is 70.2 Å². The highest BCUT2D eigenvalue weighted by Gasteiger charge is 2.45. The first kappa shape index (κ1) is 77.0. The Hall–Kier alpha value is -10.2. The van der Waals surface area contributed by atoms with Gasteiger partial charge in [0.25, 0.3) is 5.91 Å². The van der Waals surface area contributed by atoms with Crippen LogP contribution in [0, 0.1) is 12.7 Å². The molecule has 3 saturated heterocycles. The number of H-pyrrole nitrogens is 1. The van der Waals surface area contributed by atoms with Crippen molar-refractivity contribution in [3.8, 4) is 16.9 Å². The van der Waals surface area contributed by atoms with Crippen LogP contribution in [0.25, 0.3) is 22.0 Å².